The van der Waals surface area contributed by atoms with Crippen molar-refractivity contribution in [2.24, 2.45) is 0 Å². The van der Waals surface area contributed by atoms with Crippen LogP contribution in [0.2, 0.25) is 0 Å². The molecular weight excluding hydrogens is 318 g/mol. The molecule has 2 rings (SSSR count). The molecule has 1 N–H and O–H groups in total. The molecule has 1 saturated heterocycles. The van der Waals surface area contributed by atoms with Crippen LogP contribution in [-0.2, 0) is 11.2 Å². The Kier molecular flexibility index (Phi) is 5.57. The SMILES string of the molecule is N#CCNC(=O)CN1CCCC1Cc1ccc(Br)cc1. The first-order chi connectivity index (χ1) is 9.69. The van der Waals surface area contributed by atoms with E-state index in [2.05, 4.69) is 38.3 Å². The molecule has 0 radical (unpaired) electrons. The van der Waals surface area contributed by atoms with E-state index in [0.29, 0.717) is 12.6 Å². The molecule has 0 bridgehead atoms. The molecule has 4 nitrogen and oxygen atoms in total. The molecule has 1 aliphatic heterocycles. The Morgan fingerprint density at radius 1 is 1.45 bits per heavy atom. The number of likely N-dealkylation sites (tertiary alicyclic amines) is 1. The lowest BCUT2D eigenvalue weighted by atomic mass is 10.0. The average Bonchev–Trinajstić information content (AvgIpc) is 2.86. The first-order valence-electron chi connectivity index (χ1n) is 6.81. The predicted octanol–water partition coefficient (Wildman–Crippen LogP) is 2.10. The van der Waals surface area contributed by atoms with Gasteiger partial charge in [-0.1, -0.05) is 28.1 Å². The number of amides is 1. The minimum absolute atomic E-state index is 0.0609. The fraction of sp³-hybridized carbons (Fsp3) is 0.467. The van der Waals surface area contributed by atoms with Crippen molar-refractivity contribution in [3.63, 3.8) is 0 Å². The summed E-state index contributed by atoms with van der Waals surface area (Å²) in [6.45, 7) is 1.44. The summed E-state index contributed by atoms with van der Waals surface area (Å²) in [5.74, 6) is -0.0609. The summed E-state index contributed by atoms with van der Waals surface area (Å²) in [5, 5.41) is 11.1. The van der Waals surface area contributed by atoms with Crippen LogP contribution in [0.25, 0.3) is 0 Å². The van der Waals surface area contributed by atoms with E-state index in [-0.39, 0.29) is 12.5 Å². The number of carbonyl (C=O) groups is 1. The number of benzene rings is 1. The largest absolute Gasteiger partial charge is 0.342 e. The Morgan fingerprint density at radius 3 is 2.90 bits per heavy atom. The zero-order valence-electron chi connectivity index (χ0n) is 11.3. The standard InChI is InChI=1S/C15H18BrN3O/c16-13-5-3-12(4-6-13)10-14-2-1-9-19(14)11-15(20)18-8-7-17/h3-6,14H,1-2,8-11H2,(H,18,20). The van der Waals surface area contributed by atoms with E-state index in [1.165, 1.54) is 5.56 Å². The van der Waals surface area contributed by atoms with Gasteiger partial charge in [-0.3, -0.25) is 9.69 Å². The van der Waals surface area contributed by atoms with E-state index in [1.54, 1.807) is 0 Å². The van der Waals surface area contributed by atoms with Crippen molar-refractivity contribution in [2.75, 3.05) is 19.6 Å². The van der Waals surface area contributed by atoms with Gasteiger partial charge in [0.1, 0.15) is 6.54 Å². The zero-order chi connectivity index (χ0) is 14.4. The third kappa shape index (κ3) is 4.32. The number of carbonyl (C=O) groups excluding carboxylic acids is 1. The van der Waals surface area contributed by atoms with Gasteiger partial charge in [-0.2, -0.15) is 5.26 Å². The van der Waals surface area contributed by atoms with Crippen LogP contribution < -0.4 is 5.32 Å². The van der Waals surface area contributed by atoms with Crippen LogP contribution >= 0.6 is 15.9 Å². The van der Waals surface area contributed by atoms with Crippen molar-refractivity contribution in [2.45, 2.75) is 25.3 Å². The third-order valence-corrected chi connectivity index (χ3v) is 4.12. The topological polar surface area (TPSA) is 56.1 Å². The molecule has 0 aromatic heterocycles. The number of rotatable bonds is 5. The maximum atomic E-state index is 11.7. The number of nitriles is 1. The molecule has 20 heavy (non-hydrogen) atoms. The molecular formula is C15H18BrN3O. The Morgan fingerprint density at radius 2 is 2.20 bits per heavy atom. The second-order valence-electron chi connectivity index (χ2n) is 5.03. The van der Waals surface area contributed by atoms with E-state index in [1.807, 2.05) is 18.2 Å². The van der Waals surface area contributed by atoms with Crippen LogP contribution in [-0.4, -0.2) is 36.5 Å². The van der Waals surface area contributed by atoms with E-state index in [4.69, 9.17) is 5.26 Å². The average molecular weight is 336 g/mol. The van der Waals surface area contributed by atoms with Gasteiger partial charge >= 0.3 is 0 Å². The lowest BCUT2D eigenvalue weighted by Crippen LogP contribution is -2.40. The van der Waals surface area contributed by atoms with Gasteiger partial charge in [0.15, 0.2) is 0 Å². The smallest absolute Gasteiger partial charge is 0.235 e. The van der Waals surface area contributed by atoms with Crippen molar-refractivity contribution in [1.29, 1.82) is 5.26 Å². The third-order valence-electron chi connectivity index (χ3n) is 3.59. The van der Waals surface area contributed by atoms with Crippen molar-refractivity contribution >= 4 is 21.8 Å². The van der Waals surface area contributed by atoms with Gasteiger partial charge in [0.05, 0.1) is 12.6 Å². The van der Waals surface area contributed by atoms with Gasteiger partial charge in [-0.25, -0.2) is 0 Å². The highest BCUT2D eigenvalue weighted by atomic mass is 79.9. The van der Waals surface area contributed by atoms with Crippen molar-refractivity contribution in [3.8, 4) is 6.07 Å². The Bertz CT molecular complexity index is 495. The van der Waals surface area contributed by atoms with Crippen molar-refractivity contribution in [1.82, 2.24) is 10.2 Å². The second kappa shape index (κ2) is 7.41. The molecule has 0 spiro atoms. The van der Waals surface area contributed by atoms with Crippen LogP contribution in [0.1, 0.15) is 18.4 Å². The molecule has 5 heteroatoms. The van der Waals surface area contributed by atoms with Gasteiger partial charge in [-0.05, 0) is 43.5 Å². The highest BCUT2D eigenvalue weighted by Gasteiger charge is 2.26. The summed E-state index contributed by atoms with van der Waals surface area (Å²) in [5.41, 5.74) is 1.29. The Hall–Kier alpha value is -1.38. The molecule has 1 amide bonds. The minimum atomic E-state index is -0.0609. The molecule has 1 aliphatic rings. The van der Waals surface area contributed by atoms with Crippen LogP contribution in [0.15, 0.2) is 28.7 Å². The Balaban J connectivity index is 1.89. The maximum absolute atomic E-state index is 11.7. The summed E-state index contributed by atoms with van der Waals surface area (Å²) in [7, 11) is 0. The molecule has 0 saturated carbocycles. The summed E-state index contributed by atoms with van der Waals surface area (Å²) < 4.78 is 1.08. The monoisotopic (exact) mass is 335 g/mol. The fourth-order valence-electron chi connectivity index (χ4n) is 2.61. The molecule has 1 aromatic carbocycles. The molecule has 0 aliphatic carbocycles. The number of nitrogens with one attached hydrogen (secondary N) is 1. The summed E-state index contributed by atoms with van der Waals surface area (Å²) in [6.07, 6.45) is 3.23. The number of nitrogens with zero attached hydrogens (tertiary/aromatic N) is 2. The molecule has 1 aromatic rings. The van der Waals surface area contributed by atoms with Crippen LogP contribution in [0.3, 0.4) is 0 Å². The maximum Gasteiger partial charge on any atom is 0.235 e. The summed E-state index contributed by atoms with van der Waals surface area (Å²) >= 11 is 3.44. The minimum Gasteiger partial charge on any atom is -0.342 e. The fourth-order valence-corrected chi connectivity index (χ4v) is 2.87. The molecule has 106 valence electrons. The molecule has 1 fully saturated rings. The summed E-state index contributed by atoms with van der Waals surface area (Å²) in [6, 6.07) is 10.7. The van der Waals surface area contributed by atoms with Gasteiger partial charge in [0, 0.05) is 10.5 Å². The summed E-state index contributed by atoms with van der Waals surface area (Å²) in [4.78, 5) is 13.9. The van der Waals surface area contributed by atoms with E-state index in [0.717, 1.165) is 30.3 Å². The van der Waals surface area contributed by atoms with Crippen LogP contribution in [0.5, 0.6) is 0 Å². The van der Waals surface area contributed by atoms with E-state index >= 15 is 0 Å². The molecule has 1 unspecified atom stereocenters. The zero-order valence-corrected chi connectivity index (χ0v) is 12.9. The van der Waals surface area contributed by atoms with Crippen LogP contribution in [0.4, 0.5) is 0 Å². The predicted molar refractivity (Wildman–Crippen MR) is 81.1 cm³/mol. The Labute approximate surface area is 127 Å². The lowest BCUT2D eigenvalue weighted by Gasteiger charge is -2.23. The number of halogens is 1. The number of hydrogen-bond acceptors (Lipinski definition) is 3. The van der Waals surface area contributed by atoms with Gasteiger partial charge in [-0.15, -0.1) is 0 Å². The van der Waals surface area contributed by atoms with E-state index in [9.17, 15) is 4.79 Å². The number of hydrogen-bond donors (Lipinski definition) is 1. The van der Waals surface area contributed by atoms with Crippen molar-refractivity contribution < 1.29 is 4.79 Å². The lowest BCUT2D eigenvalue weighted by molar-refractivity contribution is -0.122. The van der Waals surface area contributed by atoms with Gasteiger partial charge < -0.3 is 5.32 Å². The molecule has 1 heterocycles. The first kappa shape index (κ1) is 15.0. The quantitative estimate of drug-likeness (QED) is 0.838. The van der Waals surface area contributed by atoms with Crippen molar-refractivity contribution in [3.05, 3.63) is 34.3 Å². The van der Waals surface area contributed by atoms with Gasteiger partial charge in [0.2, 0.25) is 5.91 Å². The highest BCUT2D eigenvalue weighted by Crippen LogP contribution is 2.21. The van der Waals surface area contributed by atoms with E-state index < -0.39 is 0 Å². The van der Waals surface area contributed by atoms with Crippen LogP contribution in [0, 0.1) is 11.3 Å². The normalized spacial score (nSPS) is 18.7. The highest BCUT2D eigenvalue weighted by molar-refractivity contribution is 9.10. The second-order valence-corrected chi connectivity index (χ2v) is 5.95. The first-order valence-corrected chi connectivity index (χ1v) is 7.60. The molecule has 1 atom stereocenters. The van der Waals surface area contributed by atoms with Gasteiger partial charge in [0.25, 0.3) is 0 Å².